The summed E-state index contributed by atoms with van der Waals surface area (Å²) in [5.74, 6) is 2.39. The lowest BCUT2D eigenvalue weighted by Crippen LogP contribution is -2.55. The first-order chi connectivity index (χ1) is 11.7. The number of thioether (sulfide) groups is 1. The van der Waals surface area contributed by atoms with Gasteiger partial charge < -0.3 is 20.4 Å². The van der Waals surface area contributed by atoms with E-state index in [-0.39, 0.29) is 24.3 Å². The maximum atomic E-state index is 12.4. The van der Waals surface area contributed by atoms with Gasteiger partial charge in [-0.3, -0.25) is 4.79 Å². The van der Waals surface area contributed by atoms with E-state index in [1.807, 2.05) is 21.6 Å². The lowest BCUT2D eigenvalue weighted by atomic mass is 9.96. The first-order valence-corrected chi connectivity index (χ1v) is 10.5. The Kier molecular flexibility index (Phi) is 8.66. The van der Waals surface area contributed by atoms with E-state index in [2.05, 4.69) is 10.6 Å². The predicted octanol–water partition coefficient (Wildman–Crippen LogP) is 1.69. The molecule has 8 heteroatoms. The van der Waals surface area contributed by atoms with Crippen LogP contribution >= 0.6 is 24.2 Å². The number of hydrogen-bond acceptors (Lipinski definition) is 4. The molecule has 0 bridgehead atoms. The SMILES string of the molecule is Cl.O=C(CC1CSCCN1)N1CCN(C(=O)NC2CCCCC2)CC1. The molecule has 2 N–H and O–H groups in total. The fourth-order valence-electron chi connectivity index (χ4n) is 3.76. The van der Waals surface area contributed by atoms with Crippen molar-refractivity contribution >= 4 is 36.1 Å². The third-order valence-electron chi connectivity index (χ3n) is 5.27. The summed E-state index contributed by atoms with van der Waals surface area (Å²) in [6, 6.07) is 0.712. The van der Waals surface area contributed by atoms with Gasteiger partial charge in [0.2, 0.25) is 5.91 Å². The van der Waals surface area contributed by atoms with Gasteiger partial charge in [-0.05, 0) is 12.8 Å². The molecule has 2 aliphatic heterocycles. The molecule has 1 atom stereocenters. The van der Waals surface area contributed by atoms with Crippen LogP contribution in [-0.2, 0) is 4.79 Å². The summed E-state index contributed by atoms with van der Waals surface area (Å²) >= 11 is 1.92. The Morgan fingerprint density at radius 1 is 1.04 bits per heavy atom. The second kappa shape index (κ2) is 10.5. The van der Waals surface area contributed by atoms with E-state index in [0.717, 1.165) is 30.9 Å². The smallest absolute Gasteiger partial charge is 0.317 e. The molecule has 2 heterocycles. The van der Waals surface area contributed by atoms with E-state index in [9.17, 15) is 9.59 Å². The molecule has 0 aromatic rings. The van der Waals surface area contributed by atoms with Crippen molar-refractivity contribution in [3.8, 4) is 0 Å². The highest BCUT2D eigenvalue weighted by Gasteiger charge is 2.27. The number of nitrogens with zero attached hydrogens (tertiary/aromatic N) is 2. The van der Waals surface area contributed by atoms with Gasteiger partial charge in [0.15, 0.2) is 0 Å². The van der Waals surface area contributed by atoms with Gasteiger partial charge in [0.1, 0.15) is 0 Å². The second-order valence-electron chi connectivity index (χ2n) is 7.08. The average molecular weight is 391 g/mol. The first-order valence-electron chi connectivity index (χ1n) is 9.37. The summed E-state index contributed by atoms with van der Waals surface area (Å²) in [5, 5.41) is 6.59. The zero-order chi connectivity index (χ0) is 16.8. The van der Waals surface area contributed by atoms with Crippen LogP contribution in [0, 0.1) is 0 Å². The van der Waals surface area contributed by atoms with Crippen LogP contribution in [0.3, 0.4) is 0 Å². The molecule has 1 saturated carbocycles. The fraction of sp³-hybridized carbons (Fsp3) is 0.882. The van der Waals surface area contributed by atoms with Crippen LogP contribution in [0.25, 0.3) is 0 Å². The van der Waals surface area contributed by atoms with Crippen molar-refractivity contribution in [2.45, 2.75) is 50.6 Å². The minimum atomic E-state index is 0. The van der Waals surface area contributed by atoms with Gasteiger partial charge >= 0.3 is 6.03 Å². The maximum absolute atomic E-state index is 12.4. The number of urea groups is 1. The number of carbonyl (C=O) groups excluding carboxylic acids is 2. The average Bonchev–Trinajstić information content (AvgIpc) is 2.63. The Morgan fingerprint density at radius 3 is 2.36 bits per heavy atom. The molecule has 2 saturated heterocycles. The van der Waals surface area contributed by atoms with Crippen LogP contribution in [0.4, 0.5) is 4.79 Å². The van der Waals surface area contributed by atoms with Gasteiger partial charge in [-0.2, -0.15) is 11.8 Å². The third kappa shape index (κ3) is 6.22. The quantitative estimate of drug-likeness (QED) is 0.769. The van der Waals surface area contributed by atoms with Crippen LogP contribution in [0.1, 0.15) is 38.5 Å². The summed E-state index contributed by atoms with van der Waals surface area (Å²) in [4.78, 5) is 28.6. The molecule has 0 spiro atoms. The van der Waals surface area contributed by atoms with Gasteiger partial charge in [0.05, 0.1) is 0 Å². The lowest BCUT2D eigenvalue weighted by molar-refractivity contribution is -0.133. The zero-order valence-electron chi connectivity index (χ0n) is 14.9. The predicted molar refractivity (Wildman–Crippen MR) is 105 cm³/mol. The van der Waals surface area contributed by atoms with Crippen LogP contribution in [0.15, 0.2) is 0 Å². The molecule has 1 aliphatic carbocycles. The van der Waals surface area contributed by atoms with E-state index < -0.39 is 0 Å². The molecule has 0 radical (unpaired) electrons. The number of halogens is 1. The highest BCUT2D eigenvalue weighted by atomic mass is 35.5. The second-order valence-corrected chi connectivity index (χ2v) is 8.23. The molecule has 25 heavy (non-hydrogen) atoms. The Morgan fingerprint density at radius 2 is 1.72 bits per heavy atom. The van der Waals surface area contributed by atoms with E-state index in [1.54, 1.807) is 0 Å². The summed E-state index contributed by atoms with van der Waals surface area (Å²) < 4.78 is 0. The number of amides is 3. The van der Waals surface area contributed by atoms with Gasteiger partial charge in [-0.1, -0.05) is 19.3 Å². The number of piperazine rings is 1. The molecule has 0 aromatic heterocycles. The van der Waals surface area contributed by atoms with Crippen LogP contribution < -0.4 is 10.6 Å². The Balaban J connectivity index is 0.00000225. The summed E-state index contributed by atoms with van der Waals surface area (Å²) in [5.41, 5.74) is 0. The van der Waals surface area contributed by atoms with E-state index in [4.69, 9.17) is 0 Å². The monoisotopic (exact) mass is 390 g/mol. The summed E-state index contributed by atoms with van der Waals surface area (Å²) in [6.07, 6.45) is 6.54. The van der Waals surface area contributed by atoms with Gasteiger partial charge in [0, 0.05) is 62.7 Å². The van der Waals surface area contributed by atoms with Crippen LogP contribution in [0.5, 0.6) is 0 Å². The van der Waals surface area contributed by atoms with Crippen molar-refractivity contribution in [2.75, 3.05) is 44.2 Å². The Bertz CT molecular complexity index is 394. The molecule has 3 amide bonds. The van der Waals surface area contributed by atoms with Crippen molar-refractivity contribution in [1.29, 1.82) is 0 Å². The van der Waals surface area contributed by atoms with Crippen molar-refractivity contribution < 1.29 is 9.59 Å². The highest BCUT2D eigenvalue weighted by molar-refractivity contribution is 7.99. The first kappa shape index (κ1) is 20.6. The molecular weight excluding hydrogens is 360 g/mol. The summed E-state index contributed by atoms with van der Waals surface area (Å²) in [7, 11) is 0. The minimum Gasteiger partial charge on any atom is -0.339 e. The molecular formula is C17H31ClN4O2S. The molecule has 3 aliphatic rings. The van der Waals surface area contributed by atoms with Crippen molar-refractivity contribution in [1.82, 2.24) is 20.4 Å². The van der Waals surface area contributed by atoms with Gasteiger partial charge in [0.25, 0.3) is 0 Å². The van der Waals surface area contributed by atoms with Crippen molar-refractivity contribution in [2.24, 2.45) is 0 Å². The van der Waals surface area contributed by atoms with E-state index >= 15 is 0 Å². The molecule has 6 nitrogen and oxygen atoms in total. The number of carbonyl (C=O) groups is 2. The van der Waals surface area contributed by atoms with E-state index in [1.165, 1.54) is 19.3 Å². The molecule has 1 unspecified atom stereocenters. The van der Waals surface area contributed by atoms with Crippen LogP contribution in [-0.4, -0.2) is 78.1 Å². The van der Waals surface area contributed by atoms with Gasteiger partial charge in [-0.25, -0.2) is 4.79 Å². The molecule has 3 fully saturated rings. The minimum absolute atomic E-state index is 0. The zero-order valence-corrected chi connectivity index (χ0v) is 16.5. The Labute approximate surface area is 161 Å². The van der Waals surface area contributed by atoms with Gasteiger partial charge in [-0.15, -0.1) is 12.4 Å². The van der Waals surface area contributed by atoms with E-state index in [0.29, 0.717) is 44.7 Å². The third-order valence-corrected chi connectivity index (χ3v) is 6.40. The highest BCUT2D eigenvalue weighted by Crippen LogP contribution is 2.18. The van der Waals surface area contributed by atoms with Crippen molar-refractivity contribution in [3.05, 3.63) is 0 Å². The number of rotatable bonds is 3. The molecule has 144 valence electrons. The fourth-order valence-corrected chi connectivity index (χ4v) is 4.71. The Hall–Kier alpha value is -0.660. The largest absolute Gasteiger partial charge is 0.339 e. The topological polar surface area (TPSA) is 64.7 Å². The number of nitrogens with one attached hydrogen (secondary N) is 2. The molecule has 3 rings (SSSR count). The maximum Gasteiger partial charge on any atom is 0.317 e. The van der Waals surface area contributed by atoms with Crippen LogP contribution in [0.2, 0.25) is 0 Å². The standard InChI is InChI=1S/C17H30N4O2S.ClH/c22-16(12-15-13-24-11-6-18-15)20-7-9-21(10-8-20)17(23)19-14-4-2-1-3-5-14;/h14-15,18H,1-13H2,(H,19,23);1H. The molecule has 0 aromatic carbocycles. The lowest BCUT2D eigenvalue weighted by Gasteiger charge is -2.36. The number of hydrogen-bond donors (Lipinski definition) is 2. The summed E-state index contributed by atoms with van der Waals surface area (Å²) in [6.45, 7) is 3.62. The van der Waals surface area contributed by atoms with Crippen molar-refractivity contribution in [3.63, 3.8) is 0 Å². The normalized spacial score (nSPS) is 25.2.